The van der Waals surface area contributed by atoms with Crippen LogP contribution in [0.3, 0.4) is 0 Å². The van der Waals surface area contributed by atoms with Gasteiger partial charge in [-0.05, 0) is 113 Å². The molecule has 0 saturated carbocycles. The summed E-state index contributed by atoms with van der Waals surface area (Å²) in [4.78, 5) is 4.78. The third-order valence-corrected chi connectivity index (χ3v) is 12.6. The third-order valence-electron chi connectivity index (χ3n) is 9.91. The van der Waals surface area contributed by atoms with Gasteiger partial charge < -0.3 is 4.57 Å². The molecule has 206 valence electrons. The minimum absolute atomic E-state index is 0.530. The predicted octanol–water partition coefficient (Wildman–Crippen LogP) is 11.1. The van der Waals surface area contributed by atoms with E-state index in [1.165, 1.54) is 75.6 Å². The highest BCUT2D eigenvalue weighted by molar-refractivity contribution is 8.07. The number of hydrogen-bond acceptors (Lipinski definition) is 2. The van der Waals surface area contributed by atoms with Crippen molar-refractivity contribution in [2.24, 2.45) is 11.8 Å². The van der Waals surface area contributed by atoms with Gasteiger partial charge in [-0.25, -0.2) is 0 Å². The fourth-order valence-electron chi connectivity index (χ4n) is 7.92. The zero-order chi connectivity index (χ0) is 27.6. The summed E-state index contributed by atoms with van der Waals surface area (Å²) >= 11 is 4.29. The maximum atomic E-state index is 2.57. The second-order valence-corrected chi connectivity index (χ2v) is 14.6. The molecule has 3 atom stereocenters. The molecule has 0 fully saturated rings. The van der Waals surface area contributed by atoms with E-state index in [4.69, 9.17) is 0 Å². The summed E-state index contributed by atoms with van der Waals surface area (Å²) in [5.41, 5.74) is 10.00. The maximum Gasteiger partial charge on any atom is 0.0541 e. The summed E-state index contributed by atoms with van der Waals surface area (Å²) in [6, 6.07) is 26.9. The molecule has 0 amide bonds. The predicted molar refractivity (Wildman–Crippen MR) is 183 cm³/mol. The monoisotopic (exact) mass is 579 g/mol. The smallest absolute Gasteiger partial charge is 0.0541 e. The lowest BCUT2D eigenvalue weighted by molar-refractivity contribution is 0.418. The SMILES string of the molecule is C1=CCC2C(=C1)SC1=C3CCC2C2=C(CCC=C2)SC3CC(c2ccc3c(c2)c2ccccc2n3-c2ccccc2)=C1. The second-order valence-electron chi connectivity index (χ2n) is 12.2. The Morgan fingerprint density at radius 3 is 2.64 bits per heavy atom. The zero-order valence-electron chi connectivity index (χ0n) is 23.6. The topological polar surface area (TPSA) is 4.93 Å². The Balaban J connectivity index is 1.20. The number of hydrogen-bond donors (Lipinski definition) is 0. The molecule has 2 bridgehead atoms. The molecule has 3 heterocycles. The highest BCUT2D eigenvalue weighted by atomic mass is 32.2. The average Bonchev–Trinajstić information content (AvgIpc) is 3.35. The lowest BCUT2D eigenvalue weighted by Crippen LogP contribution is -2.27. The van der Waals surface area contributed by atoms with Crippen LogP contribution in [0.25, 0.3) is 33.1 Å². The highest BCUT2D eigenvalue weighted by Gasteiger charge is 2.38. The molecule has 3 unspecified atom stereocenters. The van der Waals surface area contributed by atoms with Crippen molar-refractivity contribution in [3.05, 3.63) is 141 Å². The Morgan fingerprint density at radius 1 is 0.810 bits per heavy atom. The quantitative estimate of drug-likeness (QED) is 0.233. The van der Waals surface area contributed by atoms with E-state index in [2.05, 4.69) is 137 Å². The Morgan fingerprint density at radius 2 is 1.69 bits per heavy atom. The van der Waals surface area contributed by atoms with E-state index in [0.29, 0.717) is 17.1 Å². The molecule has 3 aliphatic carbocycles. The molecular weight excluding hydrogens is 547 g/mol. The van der Waals surface area contributed by atoms with Gasteiger partial charge in [0.25, 0.3) is 0 Å². The first-order valence-corrected chi connectivity index (χ1v) is 17.1. The molecule has 0 radical (unpaired) electrons. The van der Waals surface area contributed by atoms with Crippen LogP contribution >= 0.6 is 23.5 Å². The number of aromatic nitrogens is 1. The van der Waals surface area contributed by atoms with E-state index in [9.17, 15) is 0 Å². The van der Waals surface area contributed by atoms with Crippen LogP contribution in [0.2, 0.25) is 0 Å². The molecule has 42 heavy (non-hydrogen) atoms. The molecule has 0 saturated heterocycles. The van der Waals surface area contributed by atoms with Crippen molar-refractivity contribution in [1.82, 2.24) is 4.57 Å². The van der Waals surface area contributed by atoms with Gasteiger partial charge in [-0.1, -0.05) is 84.6 Å². The number of fused-ring (bicyclic) bond motifs is 8. The van der Waals surface area contributed by atoms with Gasteiger partial charge in [-0.3, -0.25) is 0 Å². The van der Waals surface area contributed by atoms with Crippen molar-refractivity contribution in [2.45, 2.75) is 43.8 Å². The number of benzene rings is 3. The maximum absolute atomic E-state index is 2.57. The molecule has 1 nitrogen and oxygen atoms in total. The van der Waals surface area contributed by atoms with Crippen LogP contribution in [0.5, 0.6) is 0 Å². The van der Waals surface area contributed by atoms with Crippen LogP contribution in [0.15, 0.2) is 135 Å². The van der Waals surface area contributed by atoms with Gasteiger partial charge in [-0.15, -0.1) is 11.8 Å². The van der Waals surface area contributed by atoms with E-state index in [1.807, 2.05) is 0 Å². The van der Waals surface area contributed by atoms with E-state index >= 15 is 0 Å². The average molecular weight is 580 g/mol. The Bertz CT molecular complexity index is 1940. The Hall–Kier alpha value is -3.40. The van der Waals surface area contributed by atoms with Crippen molar-refractivity contribution in [3.63, 3.8) is 0 Å². The van der Waals surface area contributed by atoms with E-state index in [0.717, 1.165) is 6.42 Å². The minimum atomic E-state index is 0.530. The number of rotatable bonds is 2. The van der Waals surface area contributed by atoms with Crippen LogP contribution in [-0.2, 0) is 0 Å². The van der Waals surface area contributed by atoms with E-state index < -0.39 is 0 Å². The molecule has 2 aliphatic heterocycles. The van der Waals surface area contributed by atoms with Gasteiger partial charge in [0.1, 0.15) is 0 Å². The first-order valence-electron chi connectivity index (χ1n) is 15.5. The first-order chi connectivity index (χ1) is 20.8. The van der Waals surface area contributed by atoms with Crippen molar-refractivity contribution < 1.29 is 0 Å². The number of nitrogens with zero attached hydrogens (tertiary/aromatic N) is 1. The van der Waals surface area contributed by atoms with Crippen LogP contribution in [0.4, 0.5) is 0 Å². The van der Waals surface area contributed by atoms with Gasteiger partial charge in [-0.2, -0.15) is 0 Å². The largest absolute Gasteiger partial charge is 0.309 e. The summed E-state index contributed by atoms with van der Waals surface area (Å²) in [5, 5.41) is 3.20. The van der Waals surface area contributed by atoms with Crippen LogP contribution < -0.4 is 0 Å². The number of allylic oxidation sites excluding steroid dienone is 10. The molecule has 0 spiro atoms. The second kappa shape index (κ2) is 10.1. The van der Waals surface area contributed by atoms with Gasteiger partial charge in [0.2, 0.25) is 0 Å². The Kier molecular flexibility index (Phi) is 6.05. The molecule has 3 heteroatoms. The molecule has 9 rings (SSSR count). The van der Waals surface area contributed by atoms with Crippen LogP contribution in [-0.4, -0.2) is 9.82 Å². The number of para-hydroxylation sites is 2. The lowest BCUT2D eigenvalue weighted by Gasteiger charge is -2.41. The fraction of sp³-hybridized carbons (Fsp3) is 0.231. The van der Waals surface area contributed by atoms with Crippen molar-refractivity contribution in [1.29, 1.82) is 0 Å². The first kappa shape index (κ1) is 25.1. The van der Waals surface area contributed by atoms with E-state index in [-0.39, 0.29) is 0 Å². The molecule has 5 aliphatic rings. The van der Waals surface area contributed by atoms with Gasteiger partial charge in [0.05, 0.1) is 11.0 Å². The summed E-state index contributed by atoms with van der Waals surface area (Å²) < 4.78 is 2.42. The summed E-state index contributed by atoms with van der Waals surface area (Å²) in [7, 11) is 0. The molecular formula is C39H33NS2. The van der Waals surface area contributed by atoms with Gasteiger partial charge >= 0.3 is 0 Å². The minimum Gasteiger partial charge on any atom is -0.309 e. The van der Waals surface area contributed by atoms with E-state index in [1.54, 1.807) is 21.0 Å². The highest BCUT2D eigenvalue weighted by Crippen LogP contribution is 2.56. The van der Waals surface area contributed by atoms with Crippen molar-refractivity contribution >= 4 is 50.9 Å². The normalized spacial score (nSPS) is 25.0. The summed E-state index contributed by atoms with van der Waals surface area (Å²) in [6.07, 6.45) is 21.8. The molecule has 3 aromatic carbocycles. The summed E-state index contributed by atoms with van der Waals surface area (Å²) in [6.45, 7) is 0. The Labute approximate surface area is 256 Å². The molecule has 4 aromatic rings. The summed E-state index contributed by atoms with van der Waals surface area (Å²) in [5.74, 6) is 1.26. The van der Waals surface area contributed by atoms with Crippen LogP contribution in [0.1, 0.15) is 44.1 Å². The van der Waals surface area contributed by atoms with Crippen molar-refractivity contribution in [2.75, 3.05) is 0 Å². The van der Waals surface area contributed by atoms with Gasteiger partial charge in [0.15, 0.2) is 0 Å². The number of thioether (sulfide) groups is 2. The lowest BCUT2D eigenvalue weighted by atomic mass is 9.75. The molecule has 0 N–H and O–H groups in total. The standard InChI is InChI=1S/C39H33NS2/c1-2-10-27(11-3-1)40-34-15-7-4-12-29(34)33-22-25(18-21-35(33)40)26-23-38-32-20-19-28(30-13-5-8-16-36(30)41-38)31-14-6-9-17-37(31)42-39(32)24-26/h1-8,10-12,14-16,18,21-23,28,30,39H,9,13,17,19-20,24H2. The van der Waals surface area contributed by atoms with Crippen LogP contribution in [0, 0.1) is 11.8 Å². The van der Waals surface area contributed by atoms with Crippen molar-refractivity contribution in [3.8, 4) is 5.69 Å². The zero-order valence-corrected chi connectivity index (χ0v) is 25.3. The van der Waals surface area contributed by atoms with Gasteiger partial charge in [0, 0.05) is 32.5 Å². The molecule has 1 aromatic heterocycles. The third kappa shape index (κ3) is 4.01. The fourth-order valence-corrected chi connectivity index (χ4v) is 11.0.